The molecule has 92 valence electrons. The van der Waals surface area contributed by atoms with Crippen molar-refractivity contribution in [3.8, 4) is 0 Å². The van der Waals surface area contributed by atoms with Gasteiger partial charge in [0, 0.05) is 5.56 Å². The fourth-order valence-corrected chi connectivity index (χ4v) is 1.58. The summed E-state index contributed by atoms with van der Waals surface area (Å²) in [5.74, 6) is -3.33. The first kappa shape index (κ1) is 12.3. The quantitative estimate of drug-likeness (QED) is 0.451. The molecule has 2 rings (SSSR count). The summed E-state index contributed by atoms with van der Waals surface area (Å²) in [6.45, 7) is 0. The van der Waals surface area contributed by atoms with Crippen molar-refractivity contribution < 1.29 is 18.4 Å². The molecule has 1 aromatic rings. The molecule has 1 fully saturated rings. The monoisotopic (exact) mass is 268 g/mol. The maximum atomic E-state index is 13.4. The number of carbonyl (C=O) groups is 2. The Hall–Kier alpha value is -2.15. The Kier molecular flexibility index (Phi) is 3.15. The molecule has 1 aliphatic rings. The van der Waals surface area contributed by atoms with Crippen molar-refractivity contribution in [3.63, 3.8) is 0 Å². The van der Waals surface area contributed by atoms with Gasteiger partial charge in [-0.1, -0.05) is 6.07 Å². The molecule has 18 heavy (non-hydrogen) atoms. The second kappa shape index (κ2) is 4.61. The van der Waals surface area contributed by atoms with Crippen molar-refractivity contribution in [2.75, 3.05) is 0 Å². The highest BCUT2D eigenvalue weighted by atomic mass is 32.1. The summed E-state index contributed by atoms with van der Waals surface area (Å²) in [6, 6.07) is 3.24. The first-order valence-electron chi connectivity index (χ1n) is 4.81. The minimum absolute atomic E-state index is 0.142. The molecule has 0 bridgehead atoms. The standard InChI is InChI=1S/C11H6F2N2O2S/c12-7-2-1-3-8(13)5(7)4-6-9(16)14-11(18)15-10(6)17/h1-4H,(H2,14,15,16,17,18). The van der Waals surface area contributed by atoms with E-state index >= 15 is 0 Å². The Morgan fingerprint density at radius 3 is 2.06 bits per heavy atom. The Morgan fingerprint density at radius 2 is 1.56 bits per heavy atom. The molecule has 0 spiro atoms. The van der Waals surface area contributed by atoms with E-state index in [4.69, 9.17) is 0 Å². The number of hydrogen-bond acceptors (Lipinski definition) is 3. The molecule has 1 aliphatic heterocycles. The van der Waals surface area contributed by atoms with Crippen molar-refractivity contribution in [1.82, 2.24) is 10.6 Å². The summed E-state index contributed by atoms with van der Waals surface area (Å²) in [5.41, 5.74) is -0.863. The van der Waals surface area contributed by atoms with E-state index in [0.29, 0.717) is 0 Å². The van der Waals surface area contributed by atoms with Crippen LogP contribution in [0.25, 0.3) is 6.08 Å². The molecule has 0 atom stereocenters. The number of carbonyl (C=O) groups excluding carboxylic acids is 2. The normalized spacial score (nSPS) is 15.2. The van der Waals surface area contributed by atoms with Crippen molar-refractivity contribution in [2.24, 2.45) is 0 Å². The molecule has 0 aliphatic carbocycles. The van der Waals surface area contributed by atoms with Gasteiger partial charge in [-0.05, 0) is 30.4 Å². The van der Waals surface area contributed by atoms with Crippen LogP contribution in [-0.4, -0.2) is 16.9 Å². The van der Waals surface area contributed by atoms with Crippen LogP contribution in [0, 0.1) is 11.6 Å². The summed E-state index contributed by atoms with van der Waals surface area (Å²) < 4.78 is 26.7. The van der Waals surface area contributed by atoms with E-state index in [2.05, 4.69) is 22.9 Å². The summed E-state index contributed by atoms with van der Waals surface area (Å²) >= 11 is 4.59. The molecule has 0 unspecified atom stereocenters. The first-order valence-corrected chi connectivity index (χ1v) is 5.22. The van der Waals surface area contributed by atoms with Crippen LogP contribution in [0.4, 0.5) is 8.78 Å². The lowest BCUT2D eigenvalue weighted by Crippen LogP contribution is -2.51. The Bertz CT molecular complexity index is 556. The fourth-order valence-electron chi connectivity index (χ4n) is 1.40. The average Bonchev–Trinajstić information content (AvgIpc) is 2.26. The van der Waals surface area contributed by atoms with Gasteiger partial charge < -0.3 is 0 Å². The second-order valence-corrected chi connectivity index (χ2v) is 3.84. The number of rotatable bonds is 1. The zero-order valence-corrected chi connectivity index (χ0v) is 9.61. The molecule has 0 saturated carbocycles. The van der Waals surface area contributed by atoms with Gasteiger partial charge in [0.1, 0.15) is 17.2 Å². The molecule has 2 amide bonds. The van der Waals surface area contributed by atoms with Gasteiger partial charge in [0.2, 0.25) is 0 Å². The summed E-state index contributed by atoms with van der Waals surface area (Å²) in [5, 5.41) is 4.19. The van der Waals surface area contributed by atoms with E-state index in [1.54, 1.807) is 0 Å². The van der Waals surface area contributed by atoms with Crippen LogP contribution in [0.1, 0.15) is 5.56 Å². The van der Waals surface area contributed by atoms with E-state index < -0.39 is 34.6 Å². The summed E-state index contributed by atoms with van der Waals surface area (Å²) in [4.78, 5) is 22.9. The molecule has 2 N–H and O–H groups in total. The number of hydrogen-bond donors (Lipinski definition) is 2. The molecule has 1 aromatic carbocycles. The van der Waals surface area contributed by atoms with Crippen LogP contribution in [0.2, 0.25) is 0 Å². The van der Waals surface area contributed by atoms with Gasteiger partial charge >= 0.3 is 0 Å². The van der Waals surface area contributed by atoms with Crippen molar-refractivity contribution in [3.05, 3.63) is 41.0 Å². The lowest BCUT2D eigenvalue weighted by molar-refractivity contribution is -0.123. The number of halogens is 2. The highest BCUT2D eigenvalue weighted by Crippen LogP contribution is 2.17. The molecule has 0 aromatic heterocycles. The lowest BCUT2D eigenvalue weighted by Gasteiger charge is -2.16. The average molecular weight is 268 g/mol. The number of benzene rings is 1. The molecule has 7 heteroatoms. The van der Waals surface area contributed by atoms with Gasteiger partial charge in [-0.25, -0.2) is 8.78 Å². The van der Waals surface area contributed by atoms with Crippen LogP contribution in [0.15, 0.2) is 23.8 Å². The van der Waals surface area contributed by atoms with Crippen LogP contribution < -0.4 is 10.6 Å². The smallest absolute Gasteiger partial charge is 0.263 e. The molecule has 4 nitrogen and oxygen atoms in total. The van der Waals surface area contributed by atoms with Gasteiger partial charge in [0.05, 0.1) is 0 Å². The van der Waals surface area contributed by atoms with Gasteiger partial charge in [-0.3, -0.25) is 20.2 Å². The van der Waals surface area contributed by atoms with E-state index in [9.17, 15) is 18.4 Å². The van der Waals surface area contributed by atoms with E-state index in [-0.39, 0.29) is 5.11 Å². The van der Waals surface area contributed by atoms with Crippen molar-refractivity contribution in [1.29, 1.82) is 0 Å². The van der Waals surface area contributed by atoms with Gasteiger partial charge in [-0.2, -0.15) is 0 Å². The Labute approximate surface area is 106 Å². The molecule has 1 saturated heterocycles. The lowest BCUT2D eigenvalue weighted by atomic mass is 10.1. The Morgan fingerprint density at radius 1 is 1.06 bits per heavy atom. The Balaban J connectivity index is 2.47. The highest BCUT2D eigenvalue weighted by molar-refractivity contribution is 7.80. The zero-order chi connectivity index (χ0) is 13.3. The minimum atomic E-state index is -0.865. The minimum Gasteiger partial charge on any atom is -0.299 e. The topological polar surface area (TPSA) is 58.2 Å². The number of amides is 2. The molecular weight excluding hydrogens is 262 g/mol. The second-order valence-electron chi connectivity index (χ2n) is 3.43. The number of thiocarbonyl (C=S) groups is 1. The third-order valence-electron chi connectivity index (χ3n) is 2.23. The van der Waals surface area contributed by atoms with E-state index in [0.717, 1.165) is 18.2 Å². The van der Waals surface area contributed by atoms with Crippen LogP contribution in [-0.2, 0) is 9.59 Å². The van der Waals surface area contributed by atoms with Crippen LogP contribution in [0.5, 0.6) is 0 Å². The highest BCUT2D eigenvalue weighted by Gasteiger charge is 2.26. The summed E-state index contributed by atoms with van der Waals surface area (Å²) in [6.07, 6.45) is 0.844. The van der Waals surface area contributed by atoms with Gasteiger partial charge in [-0.15, -0.1) is 0 Å². The van der Waals surface area contributed by atoms with E-state index in [1.165, 1.54) is 6.07 Å². The van der Waals surface area contributed by atoms with Crippen molar-refractivity contribution >= 4 is 35.2 Å². The van der Waals surface area contributed by atoms with Crippen molar-refractivity contribution in [2.45, 2.75) is 0 Å². The fraction of sp³-hybridized carbons (Fsp3) is 0. The van der Waals surface area contributed by atoms with Gasteiger partial charge in [0.15, 0.2) is 5.11 Å². The molecule has 1 heterocycles. The SMILES string of the molecule is O=C1NC(=S)NC(=O)C1=Cc1c(F)cccc1F. The third-order valence-corrected chi connectivity index (χ3v) is 2.44. The zero-order valence-electron chi connectivity index (χ0n) is 8.79. The predicted octanol–water partition coefficient (Wildman–Crippen LogP) is 0.879. The van der Waals surface area contributed by atoms with E-state index in [1.807, 2.05) is 0 Å². The van der Waals surface area contributed by atoms with Gasteiger partial charge in [0.25, 0.3) is 11.8 Å². The maximum absolute atomic E-state index is 13.4. The first-order chi connectivity index (χ1) is 8.49. The van der Waals surface area contributed by atoms with Crippen LogP contribution >= 0.6 is 12.2 Å². The maximum Gasteiger partial charge on any atom is 0.263 e. The third kappa shape index (κ3) is 2.25. The molecule has 0 radical (unpaired) electrons. The van der Waals surface area contributed by atoms with Crippen LogP contribution in [0.3, 0.4) is 0 Å². The number of nitrogens with one attached hydrogen (secondary N) is 2. The summed E-state index contributed by atoms with van der Waals surface area (Å²) in [7, 11) is 0. The predicted molar refractivity (Wildman–Crippen MR) is 63.2 cm³/mol. The molecular formula is C11H6F2N2O2S. The largest absolute Gasteiger partial charge is 0.299 e.